The summed E-state index contributed by atoms with van der Waals surface area (Å²) < 4.78 is 1.41. The molecule has 0 spiro atoms. The molecule has 6 nitrogen and oxygen atoms in total. The average Bonchev–Trinajstić information content (AvgIpc) is 2.85. The Kier molecular flexibility index (Phi) is 6.45. The number of amides is 2. The molecule has 2 N–H and O–H groups in total. The topological polar surface area (TPSA) is 80.2 Å². The number of nitrogens with zero attached hydrogens (tertiary/aromatic N) is 1. The van der Waals surface area contributed by atoms with E-state index in [2.05, 4.69) is 10.6 Å². The maximum Gasteiger partial charge on any atom is 0.267 e. The predicted molar refractivity (Wildman–Crippen MR) is 129 cm³/mol. The van der Waals surface area contributed by atoms with Gasteiger partial charge in [0.1, 0.15) is 5.56 Å². The van der Waals surface area contributed by atoms with Crippen molar-refractivity contribution in [1.82, 2.24) is 9.88 Å². The van der Waals surface area contributed by atoms with Gasteiger partial charge < -0.3 is 10.6 Å². The van der Waals surface area contributed by atoms with Crippen LogP contribution in [0, 0.1) is 0 Å². The molecule has 164 valence electrons. The van der Waals surface area contributed by atoms with E-state index in [0.717, 1.165) is 5.56 Å². The second-order valence-corrected chi connectivity index (χ2v) is 7.57. The van der Waals surface area contributed by atoms with Gasteiger partial charge in [-0.05, 0) is 61.0 Å². The van der Waals surface area contributed by atoms with Crippen molar-refractivity contribution in [2.45, 2.75) is 13.0 Å². The van der Waals surface area contributed by atoms with E-state index in [1.807, 2.05) is 43.3 Å². The molecule has 0 aliphatic carbocycles. The first-order chi connectivity index (χ1) is 16.0. The van der Waals surface area contributed by atoms with Crippen molar-refractivity contribution in [3.8, 4) is 5.69 Å². The smallest absolute Gasteiger partial charge is 0.267 e. The molecule has 33 heavy (non-hydrogen) atoms. The van der Waals surface area contributed by atoms with E-state index >= 15 is 0 Å². The van der Waals surface area contributed by atoms with E-state index in [1.165, 1.54) is 10.6 Å². The van der Waals surface area contributed by atoms with Crippen molar-refractivity contribution in [3.63, 3.8) is 0 Å². The molecule has 0 bridgehead atoms. The number of hydrogen-bond acceptors (Lipinski definition) is 3. The van der Waals surface area contributed by atoms with Crippen LogP contribution in [0.15, 0.2) is 108 Å². The molecule has 3 aromatic carbocycles. The number of benzene rings is 3. The van der Waals surface area contributed by atoms with Crippen molar-refractivity contribution in [3.05, 3.63) is 130 Å². The van der Waals surface area contributed by atoms with Gasteiger partial charge in [0.2, 0.25) is 0 Å². The van der Waals surface area contributed by atoms with Crippen molar-refractivity contribution < 1.29 is 9.59 Å². The van der Waals surface area contributed by atoms with Crippen molar-refractivity contribution in [2.75, 3.05) is 5.32 Å². The lowest BCUT2D eigenvalue weighted by atomic mass is 10.1. The molecule has 0 aliphatic rings. The van der Waals surface area contributed by atoms with Crippen molar-refractivity contribution in [1.29, 1.82) is 0 Å². The Morgan fingerprint density at radius 3 is 2.06 bits per heavy atom. The second-order valence-electron chi connectivity index (χ2n) is 7.57. The van der Waals surface area contributed by atoms with Gasteiger partial charge in [0.05, 0.1) is 6.04 Å². The molecule has 6 heteroatoms. The summed E-state index contributed by atoms with van der Waals surface area (Å²) in [5.41, 5.74) is 2.34. The summed E-state index contributed by atoms with van der Waals surface area (Å²) in [7, 11) is 0. The van der Waals surface area contributed by atoms with Gasteiger partial charge in [0, 0.05) is 23.1 Å². The highest BCUT2D eigenvalue weighted by Gasteiger charge is 2.16. The van der Waals surface area contributed by atoms with E-state index in [0.29, 0.717) is 16.9 Å². The average molecular weight is 437 g/mol. The Bertz CT molecular complexity index is 1310. The van der Waals surface area contributed by atoms with Gasteiger partial charge in [-0.25, -0.2) is 0 Å². The zero-order chi connectivity index (χ0) is 23.2. The molecule has 0 aliphatic heterocycles. The highest BCUT2D eigenvalue weighted by atomic mass is 16.2. The third-order valence-corrected chi connectivity index (χ3v) is 5.28. The predicted octanol–water partition coefficient (Wildman–Crippen LogP) is 4.58. The largest absolute Gasteiger partial charge is 0.345 e. The molecule has 2 amide bonds. The van der Waals surface area contributed by atoms with E-state index in [1.54, 1.807) is 60.8 Å². The third kappa shape index (κ3) is 5.07. The van der Waals surface area contributed by atoms with Gasteiger partial charge in [0.25, 0.3) is 17.4 Å². The molecule has 4 aromatic rings. The quantitative estimate of drug-likeness (QED) is 0.463. The van der Waals surface area contributed by atoms with Gasteiger partial charge in [0.15, 0.2) is 0 Å². The van der Waals surface area contributed by atoms with Crippen molar-refractivity contribution in [2.24, 2.45) is 0 Å². The SMILES string of the molecule is CC(NC(=O)c1cccn(-c2ccc(NC(=O)c3ccccc3)cc2)c1=O)c1ccccc1. The fraction of sp³-hybridized carbons (Fsp3) is 0.0741. The number of nitrogens with one attached hydrogen (secondary N) is 2. The van der Waals surface area contributed by atoms with Gasteiger partial charge in [-0.3, -0.25) is 19.0 Å². The first kappa shape index (κ1) is 21.8. The number of rotatable bonds is 6. The number of hydrogen-bond donors (Lipinski definition) is 2. The second kappa shape index (κ2) is 9.78. The lowest BCUT2D eigenvalue weighted by molar-refractivity contribution is 0.0937. The summed E-state index contributed by atoms with van der Waals surface area (Å²) in [6, 6.07) is 28.3. The van der Waals surface area contributed by atoms with Crippen LogP contribution >= 0.6 is 0 Å². The van der Waals surface area contributed by atoms with Crippen LogP contribution in [0.1, 0.15) is 39.2 Å². The number of pyridine rings is 1. The van der Waals surface area contributed by atoms with Crippen LogP contribution in [-0.2, 0) is 0 Å². The molecular weight excluding hydrogens is 414 g/mol. The molecule has 1 atom stereocenters. The molecule has 1 unspecified atom stereocenters. The lowest BCUT2D eigenvalue weighted by Gasteiger charge is -2.15. The summed E-state index contributed by atoms with van der Waals surface area (Å²) in [5.74, 6) is -0.649. The third-order valence-electron chi connectivity index (χ3n) is 5.28. The minimum absolute atomic E-state index is 0.0572. The fourth-order valence-corrected chi connectivity index (χ4v) is 3.47. The normalized spacial score (nSPS) is 11.4. The lowest BCUT2D eigenvalue weighted by Crippen LogP contribution is -2.33. The minimum Gasteiger partial charge on any atom is -0.345 e. The van der Waals surface area contributed by atoms with Gasteiger partial charge in [-0.1, -0.05) is 48.5 Å². The molecule has 1 aromatic heterocycles. The maximum absolute atomic E-state index is 13.0. The Balaban J connectivity index is 1.50. The van der Waals surface area contributed by atoms with E-state index in [-0.39, 0.29) is 17.5 Å². The summed E-state index contributed by atoms with van der Waals surface area (Å²) in [5, 5.41) is 5.71. The standard InChI is InChI=1S/C27H23N3O3/c1-19(20-9-4-2-5-10-20)28-26(32)24-13-8-18-30(27(24)33)23-16-14-22(15-17-23)29-25(31)21-11-6-3-7-12-21/h2-19H,1H3,(H,28,32)(H,29,31). The fourth-order valence-electron chi connectivity index (χ4n) is 3.47. The van der Waals surface area contributed by atoms with E-state index in [4.69, 9.17) is 0 Å². The van der Waals surface area contributed by atoms with Crippen LogP contribution in [0.2, 0.25) is 0 Å². The minimum atomic E-state index is -0.433. The molecule has 0 radical (unpaired) electrons. The Hall–Kier alpha value is -4.45. The van der Waals surface area contributed by atoms with Gasteiger partial charge in [-0.2, -0.15) is 0 Å². The van der Waals surface area contributed by atoms with Gasteiger partial charge >= 0.3 is 0 Å². The van der Waals surface area contributed by atoms with Crippen molar-refractivity contribution >= 4 is 17.5 Å². The Morgan fingerprint density at radius 2 is 1.39 bits per heavy atom. The van der Waals surface area contributed by atoms with Crippen LogP contribution in [0.25, 0.3) is 5.69 Å². The Labute approximate surface area is 191 Å². The summed E-state index contributed by atoms with van der Waals surface area (Å²) in [6.07, 6.45) is 1.61. The first-order valence-corrected chi connectivity index (χ1v) is 10.6. The van der Waals surface area contributed by atoms with E-state index < -0.39 is 11.5 Å². The summed E-state index contributed by atoms with van der Waals surface area (Å²) in [4.78, 5) is 38.1. The highest BCUT2D eigenvalue weighted by Crippen LogP contribution is 2.15. The van der Waals surface area contributed by atoms with Crippen LogP contribution in [-0.4, -0.2) is 16.4 Å². The first-order valence-electron chi connectivity index (χ1n) is 10.6. The summed E-state index contributed by atoms with van der Waals surface area (Å²) >= 11 is 0. The number of aromatic nitrogens is 1. The molecule has 0 saturated heterocycles. The monoisotopic (exact) mass is 437 g/mol. The van der Waals surface area contributed by atoms with Crippen LogP contribution in [0.5, 0.6) is 0 Å². The summed E-state index contributed by atoms with van der Waals surface area (Å²) in [6.45, 7) is 1.87. The van der Waals surface area contributed by atoms with Crippen LogP contribution < -0.4 is 16.2 Å². The molecule has 0 fully saturated rings. The Morgan fingerprint density at radius 1 is 0.758 bits per heavy atom. The van der Waals surface area contributed by atoms with Gasteiger partial charge in [-0.15, -0.1) is 0 Å². The highest BCUT2D eigenvalue weighted by molar-refractivity contribution is 6.04. The number of anilines is 1. The van der Waals surface area contributed by atoms with Crippen LogP contribution in [0.4, 0.5) is 5.69 Å². The molecular formula is C27H23N3O3. The number of carbonyl (C=O) groups is 2. The number of carbonyl (C=O) groups excluding carboxylic acids is 2. The van der Waals surface area contributed by atoms with Crippen LogP contribution in [0.3, 0.4) is 0 Å². The molecule has 4 rings (SSSR count). The molecule has 1 heterocycles. The zero-order valence-corrected chi connectivity index (χ0v) is 18.1. The zero-order valence-electron chi connectivity index (χ0n) is 18.1. The molecule has 0 saturated carbocycles. The maximum atomic E-state index is 13.0. The van der Waals surface area contributed by atoms with E-state index in [9.17, 15) is 14.4 Å².